The van der Waals surface area contributed by atoms with Crippen molar-refractivity contribution in [3.63, 3.8) is 0 Å². The maximum Gasteiger partial charge on any atom is 0.188 e. The summed E-state index contributed by atoms with van der Waals surface area (Å²) in [7, 11) is 1.58. The molecule has 0 aliphatic rings. The number of hydrogen-bond acceptors (Lipinski definition) is 3. The average molecular weight is 174 g/mol. The van der Waals surface area contributed by atoms with Crippen LogP contribution in [0.3, 0.4) is 0 Å². The molecule has 0 aromatic heterocycles. The fourth-order valence-electron chi connectivity index (χ4n) is 0.496. The highest BCUT2D eigenvalue weighted by Crippen LogP contribution is 2.10. The monoisotopic (exact) mass is 174 g/mol. The zero-order valence-corrected chi connectivity index (χ0v) is 8.02. The molecule has 0 aromatic rings. The fraction of sp³-hybridized carbons (Fsp3) is 0.500. The average Bonchev–Trinajstić information content (AvgIpc) is 2.00. The molecule has 0 heterocycles. The molecule has 0 saturated carbocycles. The highest BCUT2D eigenvalue weighted by Gasteiger charge is 1.93. The summed E-state index contributed by atoms with van der Waals surface area (Å²) in [6, 6.07) is 0. The molecule has 0 N–H and O–H groups in total. The Kier molecular flexibility index (Phi) is 6.07. The van der Waals surface area contributed by atoms with Gasteiger partial charge in [-0.1, -0.05) is 6.08 Å². The molecule has 0 saturated heterocycles. The van der Waals surface area contributed by atoms with Gasteiger partial charge in [-0.3, -0.25) is 0 Å². The summed E-state index contributed by atoms with van der Waals surface area (Å²) in [5.74, 6) is 0.772. The number of methoxy groups -OCH3 is 1. The SMILES string of the molecule is C/C=C\C(S)=C(C)OCOC. The molecule has 0 amide bonds. The third kappa shape index (κ3) is 4.93. The van der Waals surface area contributed by atoms with Gasteiger partial charge in [-0.2, -0.15) is 0 Å². The van der Waals surface area contributed by atoms with Crippen molar-refractivity contribution in [2.24, 2.45) is 0 Å². The Morgan fingerprint density at radius 2 is 2.18 bits per heavy atom. The van der Waals surface area contributed by atoms with Crippen molar-refractivity contribution in [1.82, 2.24) is 0 Å². The second-order valence-corrected chi connectivity index (χ2v) is 2.47. The summed E-state index contributed by atoms with van der Waals surface area (Å²) in [6.45, 7) is 4.05. The minimum Gasteiger partial charge on any atom is -0.471 e. The molecule has 0 unspecified atom stereocenters. The van der Waals surface area contributed by atoms with E-state index in [9.17, 15) is 0 Å². The molecular weight excluding hydrogens is 160 g/mol. The molecule has 64 valence electrons. The van der Waals surface area contributed by atoms with Crippen LogP contribution in [-0.4, -0.2) is 13.9 Å². The molecule has 0 fully saturated rings. The summed E-state index contributed by atoms with van der Waals surface area (Å²) >= 11 is 4.19. The van der Waals surface area contributed by atoms with E-state index >= 15 is 0 Å². The van der Waals surface area contributed by atoms with Crippen LogP contribution in [0.5, 0.6) is 0 Å². The Hall–Kier alpha value is -0.410. The van der Waals surface area contributed by atoms with Crippen LogP contribution in [0, 0.1) is 0 Å². The van der Waals surface area contributed by atoms with Crippen molar-refractivity contribution in [1.29, 1.82) is 0 Å². The molecule has 0 radical (unpaired) electrons. The van der Waals surface area contributed by atoms with Crippen molar-refractivity contribution < 1.29 is 9.47 Å². The zero-order chi connectivity index (χ0) is 8.69. The third-order valence-electron chi connectivity index (χ3n) is 1.08. The number of thiol groups is 1. The van der Waals surface area contributed by atoms with Gasteiger partial charge in [-0.05, 0) is 19.9 Å². The van der Waals surface area contributed by atoms with Gasteiger partial charge in [0, 0.05) is 12.0 Å². The first-order valence-corrected chi connectivity index (χ1v) is 3.81. The lowest BCUT2D eigenvalue weighted by Crippen LogP contribution is -1.94. The van der Waals surface area contributed by atoms with Crippen LogP contribution < -0.4 is 0 Å². The van der Waals surface area contributed by atoms with Crippen molar-refractivity contribution in [3.05, 3.63) is 22.8 Å². The molecule has 0 aliphatic carbocycles. The van der Waals surface area contributed by atoms with E-state index in [-0.39, 0.29) is 6.79 Å². The fourth-order valence-corrected chi connectivity index (χ4v) is 0.710. The van der Waals surface area contributed by atoms with Gasteiger partial charge in [0.05, 0.1) is 0 Å². The zero-order valence-electron chi connectivity index (χ0n) is 7.13. The van der Waals surface area contributed by atoms with E-state index in [1.165, 1.54) is 0 Å². The van der Waals surface area contributed by atoms with Crippen molar-refractivity contribution >= 4 is 12.6 Å². The summed E-state index contributed by atoms with van der Waals surface area (Å²) in [5.41, 5.74) is 0. The predicted molar refractivity (Wildman–Crippen MR) is 49.5 cm³/mol. The first-order valence-electron chi connectivity index (χ1n) is 3.36. The number of hydrogen-bond donors (Lipinski definition) is 1. The van der Waals surface area contributed by atoms with Crippen molar-refractivity contribution in [3.8, 4) is 0 Å². The molecule has 0 bridgehead atoms. The number of rotatable bonds is 4. The summed E-state index contributed by atoms with van der Waals surface area (Å²) in [6.07, 6.45) is 3.77. The van der Waals surface area contributed by atoms with Crippen molar-refractivity contribution in [2.45, 2.75) is 13.8 Å². The second kappa shape index (κ2) is 6.31. The van der Waals surface area contributed by atoms with E-state index in [0.29, 0.717) is 0 Å². The van der Waals surface area contributed by atoms with Gasteiger partial charge in [-0.15, -0.1) is 12.6 Å². The predicted octanol–water partition coefficient (Wildman–Crippen LogP) is 2.34. The van der Waals surface area contributed by atoms with Crippen LogP contribution in [-0.2, 0) is 9.47 Å². The number of allylic oxidation sites excluding steroid dienone is 3. The largest absolute Gasteiger partial charge is 0.471 e. The molecule has 0 aromatic carbocycles. The van der Waals surface area contributed by atoms with E-state index in [1.807, 2.05) is 26.0 Å². The highest BCUT2D eigenvalue weighted by atomic mass is 32.1. The Balaban J connectivity index is 3.94. The molecule has 3 heteroatoms. The standard InChI is InChI=1S/C8H14O2S/c1-4-5-8(11)7(2)10-6-9-3/h4-5,11H,6H2,1-3H3/b5-4-,8-7?. The lowest BCUT2D eigenvalue weighted by atomic mass is 10.4. The normalized spacial score (nSPS) is 13.5. The van der Waals surface area contributed by atoms with Gasteiger partial charge >= 0.3 is 0 Å². The lowest BCUT2D eigenvalue weighted by Gasteiger charge is -2.05. The topological polar surface area (TPSA) is 18.5 Å². The Labute approximate surface area is 73.3 Å². The van der Waals surface area contributed by atoms with Gasteiger partial charge in [0.2, 0.25) is 0 Å². The van der Waals surface area contributed by atoms with Gasteiger partial charge < -0.3 is 9.47 Å². The first-order chi connectivity index (χ1) is 5.22. The Morgan fingerprint density at radius 3 is 2.64 bits per heavy atom. The van der Waals surface area contributed by atoms with E-state index in [2.05, 4.69) is 12.6 Å². The maximum absolute atomic E-state index is 5.14. The molecule has 0 aliphatic heterocycles. The molecular formula is C8H14O2S. The Morgan fingerprint density at radius 1 is 1.55 bits per heavy atom. The van der Waals surface area contributed by atoms with Crippen molar-refractivity contribution in [2.75, 3.05) is 13.9 Å². The van der Waals surface area contributed by atoms with Crippen LogP contribution in [0.4, 0.5) is 0 Å². The molecule has 0 atom stereocenters. The Bertz CT molecular complexity index is 161. The van der Waals surface area contributed by atoms with Gasteiger partial charge in [0.15, 0.2) is 6.79 Å². The minimum absolute atomic E-state index is 0.271. The van der Waals surface area contributed by atoms with Crippen LogP contribution in [0.15, 0.2) is 22.8 Å². The quantitative estimate of drug-likeness (QED) is 0.305. The van der Waals surface area contributed by atoms with E-state index in [4.69, 9.17) is 9.47 Å². The molecule has 11 heavy (non-hydrogen) atoms. The van der Waals surface area contributed by atoms with E-state index < -0.39 is 0 Å². The van der Waals surface area contributed by atoms with E-state index in [0.717, 1.165) is 10.7 Å². The molecule has 0 spiro atoms. The first kappa shape index (κ1) is 10.6. The van der Waals surface area contributed by atoms with Crippen LogP contribution in [0.1, 0.15) is 13.8 Å². The van der Waals surface area contributed by atoms with E-state index in [1.54, 1.807) is 7.11 Å². The summed E-state index contributed by atoms with van der Waals surface area (Å²) in [5, 5.41) is 0. The van der Waals surface area contributed by atoms with Gasteiger partial charge in [-0.25, -0.2) is 0 Å². The van der Waals surface area contributed by atoms with Gasteiger partial charge in [0.1, 0.15) is 5.76 Å². The molecule has 0 rings (SSSR count). The molecule has 2 nitrogen and oxygen atoms in total. The number of ether oxygens (including phenoxy) is 2. The second-order valence-electron chi connectivity index (χ2n) is 1.99. The third-order valence-corrected chi connectivity index (χ3v) is 1.54. The van der Waals surface area contributed by atoms with Crippen LogP contribution in [0.2, 0.25) is 0 Å². The lowest BCUT2D eigenvalue weighted by molar-refractivity contribution is 0.00599. The van der Waals surface area contributed by atoms with Crippen LogP contribution in [0.25, 0.3) is 0 Å². The highest BCUT2D eigenvalue weighted by molar-refractivity contribution is 7.84. The smallest absolute Gasteiger partial charge is 0.188 e. The summed E-state index contributed by atoms with van der Waals surface area (Å²) in [4.78, 5) is 0.824. The minimum atomic E-state index is 0.271. The van der Waals surface area contributed by atoms with Gasteiger partial charge in [0.25, 0.3) is 0 Å². The summed E-state index contributed by atoms with van der Waals surface area (Å²) < 4.78 is 9.86. The maximum atomic E-state index is 5.14. The van der Waals surface area contributed by atoms with Crippen LogP contribution >= 0.6 is 12.6 Å².